The molecule has 3 aromatic carbocycles. The summed E-state index contributed by atoms with van der Waals surface area (Å²) < 4.78 is 12.2. The molecular formula is C30H33NO5. The molecule has 1 amide bonds. The van der Waals surface area contributed by atoms with Gasteiger partial charge in [0.2, 0.25) is 5.91 Å². The van der Waals surface area contributed by atoms with Crippen LogP contribution >= 0.6 is 0 Å². The summed E-state index contributed by atoms with van der Waals surface area (Å²) in [7, 11) is 0. The van der Waals surface area contributed by atoms with E-state index < -0.39 is 12.0 Å². The predicted octanol–water partition coefficient (Wildman–Crippen LogP) is 5.54. The Bertz CT molecular complexity index is 1130. The zero-order chi connectivity index (χ0) is 25.2. The molecule has 1 aliphatic carbocycles. The first-order valence-electron chi connectivity index (χ1n) is 12.6. The minimum atomic E-state index is -1.05. The summed E-state index contributed by atoms with van der Waals surface area (Å²) in [6.07, 6.45) is 4.92. The van der Waals surface area contributed by atoms with Gasteiger partial charge in [0, 0.05) is 12.8 Å². The average molecular weight is 488 g/mol. The Morgan fingerprint density at radius 3 is 1.97 bits per heavy atom. The lowest BCUT2D eigenvalue weighted by Crippen LogP contribution is -2.42. The molecule has 6 nitrogen and oxygen atoms in total. The fourth-order valence-corrected chi connectivity index (χ4v) is 4.55. The maximum Gasteiger partial charge on any atom is 0.326 e. The van der Waals surface area contributed by atoms with E-state index in [1.54, 1.807) is 6.07 Å². The molecule has 0 radical (unpaired) electrons. The highest BCUT2D eigenvalue weighted by molar-refractivity contribution is 5.83. The van der Waals surface area contributed by atoms with Gasteiger partial charge in [-0.1, -0.05) is 79.6 Å². The third-order valence-corrected chi connectivity index (χ3v) is 6.50. The van der Waals surface area contributed by atoms with Crippen LogP contribution in [0, 0.1) is 5.92 Å². The van der Waals surface area contributed by atoms with Crippen LogP contribution in [0.4, 0.5) is 0 Å². The molecule has 0 saturated heterocycles. The molecule has 1 aliphatic rings. The van der Waals surface area contributed by atoms with Crippen molar-refractivity contribution in [2.45, 2.75) is 57.8 Å². The van der Waals surface area contributed by atoms with E-state index in [9.17, 15) is 14.7 Å². The summed E-state index contributed by atoms with van der Waals surface area (Å²) >= 11 is 0. The standard InChI is InChI=1S/C30H33NO5/c32-29(19-22-9-7-8-10-22)31-26(30(33)34)17-25-15-16-27(35-20-23-11-3-1-4-12-23)28(18-25)36-21-24-13-5-2-6-14-24/h1-6,11-16,18,22,26H,7-10,17,19-21H2,(H,31,32)(H,33,34)/t26-/m0/s1. The number of carboxylic acids is 1. The molecule has 0 bridgehead atoms. The quantitative estimate of drug-likeness (QED) is 0.351. The van der Waals surface area contributed by atoms with Crippen LogP contribution in [0.1, 0.15) is 48.8 Å². The molecule has 2 N–H and O–H groups in total. The molecule has 6 heteroatoms. The second-order valence-electron chi connectivity index (χ2n) is 9.35. The van der Waals surface area contributed by atoms with Crippen molar-refractivity contribution >= 4 is 11.9 Å². The van der Waals surface area contributed by atoms with E-state index in [1.807, 2.05) is 72.8 Å². The largest absolute Gasteiger partial charge is 0.485 e. The van der Waals surface area contributed by atoms with Crippen molar-refractivity contribution in [3.63, 3.8) is 0 Å². The summed E-state index contributed by atoms with van der Waals surface area (Å²) in [6, 6.07) is 24.1. The fourth-order valence-electron chi connectivity index (χ4n) is 4.55. The summed E-state index contributed by atoms with van der Waals surface area (Å²) in [5.74, 6) is 0.228. The Balaban J connectivity index is 1.46. The van der Waals surface area contributed by atoms with E-state index in [0.717, 1.165) is 42.4 Å². The molecule has 0 heterocycles. The van der Waals surface area contributed by atoms with Crippen LogP contribution in [0.3, 0.4) is 0 Å². The zero-order valence-corrected chi connectivity index (χ0v) is 20.4. The van der Waals surface area contributed by atoms with Crippen molar-refractivity contribution in [2.24, 2.45) is 5.92 Å². The van der Waals surface area contributed by atoms with E-state index in [2.05, 4.69) is 5.32 Å². The first-order chi connectivity index (χ1) is 17.6. The number of hydrogen-bond donors (Lipinski definition) is 2. The van der Waals surface area contributed by atoms with Gasteiger partial charge in [0.05, 0.1) is 0 Å². The Labute approximate surface area is 212 Å². The number of aliphatic carboxylic acids is 1. The highest BCUT2D eigenvalue weighted by atomic mass is 16.5. The molecule has 188 valence electrons. The minimum absolute atomic E-state index is 0.159. The Kier molecular flexibility index (Phi) is 8.98. The van der Waals surface area contributed by atoms with Crippen molar-refractivity contribution in [2.75, 3.05) is 0 Å². The van der Waals surface area contributed by atoms with Crippen molar-refractivity contribution in [3.05, 3.63) is 95.6 Å². The van der Waals surface area contributed by atoms with Gasteiger partial charge in [-0.15, -0.1) is 0 Å². The second kappa shape index (κ2) is 12.8. The summed E-state index contributed by atoms with van der Waals surface area (Å²) in [4.78, 5) is 24.4. The van der Waals surface area contributed by atoms with Crippen molar-refractivity contribution in [3.8, 4) is 11.5 Å². The number of carbonyl (C=O) groups excluding carboxylic acids is 1. The molecule has 0 unspecified atom stereocenters. The number of benzene rings is 3. The SMILES string of the molecule is O=C(CC1CCCC1)N[C@@H](Cc1ccc(OCc2ccccc2)c(OCc2ccccc2)c1)C(=O)O. The Morgan fingerprint density at radius 1 is 0.806 bits per heavy atom. The predicted molar refractivity (Wildman–Crippen MR) is 138 cm³/mol. The fraction of sp³-hybridized carbons (Fsp3) is 0.333. The second-order valence-corrected chi connectivity index (χ2v) is 9.35. The Hall–Kier alpha value is -3.80. The highest BCUT2D eigenvalue weighted by Crippen LogP contribution is 2.31. The number of hydrogen-bond acceptors (Lipinski definition) is 4. The maximum atomic E-state index is 12.5. The lowest BCUT2D eigenvalue weighted by molar-refractivity contribution is -0.141. The molecule has 0 aromatic heterocycles. The van der Waals surface area contributed by atoms with Crippen LogP contribution in [-0.2, 0) is 29.2 Å². The van der Waals surface area contributed by atoms with Gasteiger partial charge in [-0.2, -0.15) is 0 Å². The highest BCUT2D eigenvalue weighted by Gasteiger charge is 2.24. The minimum Gasteiger partial charge on any atom is -0.485 e. The average Bonchev–Trinajstić information content (AvgIpc) is 3.40. The molecular weight excluding hydrogens is 454 g/mol. The topological polar surface area (TPSA) is 84.9 Å². The van der Waals surface area contributed by atoms with Crippen LogP contribution in [0.25, 0.3) is 0 Å². The molecule has 4 rings (SSSR count). The number of amides is 1. The van der Waals surface area contributed by atoms with Gasteiger partial charge in [-0.3, -0.25) is 4.79 Å². The monoisotopic (exact) mass is 487 g/mol. The third kappa shape index (κ3) is 7.60. The van der Waals surface area contributed by atoms with E-state index >= 15 is 0 Å². The van der Waals surface area contributed by atoms with Crippen LogP contribution < -0.4 is 14.8 Å². The summed E-state index contributed by atoms with van der Waals surface area (Å²) in [5.41, 5.74) is 2.80. The van der Waals surface area contributed by atoms with E-state index in [0.29, 0.717) is 37.1 Å². The number of carboxylic acid groups (broad SMARTS) is 1. The third-order valence-electron chi connectivity index (χ3n) is 6.50. The van der Waals surface area contributed by atoms with E-state index in [4.69, 9.17) is 9.47 Å². The van der Waals surface area contributed by atoms with Crippen molar-refractivity contribution in [1.29, 1.82) is 0 Å². The van der Waals surface area contributed by atoms with E-state index in [1.165, 1.54) is 0 Å². The van der Waals surface area contributed by atoms with Gasteiger partial charge in [0.1, 0.15) is 19.3 Å². The first-order valence-corrected chi connectivity index (χ1v) is 12.6. The van der Waals surface area contributed by atoms with Gasteiger partial charge in [-0.05, 0) is 47.6 Å². The van der Waals surface area contributed by atoms with Crippen LogP contribution in [0.2, 0.25) is 0 Å². The summed E-state index contributed by atoms with van der Waals surface area (Å²) in [5, 5.41) is 12.5. The number of nitrogens with one attached hydrogen (secondary N) is 1. The zero-order valence-electron chi connectivity index (χ0n) is 20.4. The Morgan fingerprint density at radius 2 is 1.39 bits per heavy atom. The van der Waals surface area contributed by atoms with Gasteiger partial charge in [-0.25, -0.2) is 4.79 Å². The van der Waals surface area contributed by atoms with Crippen LogP contribution in [0.5, 0.6) is 11.5 Å². The van der Waals surface area contributed by atoms with Gasteiger partial charge in [0.25, 0.3) is 0 Å². The first kappa shape index (κ1) is 25.3. The van der Waals surface area contributed by atoms with Crippen molar-refractivity contribution in [1.82, 2.24) is 5.32 Å². The van der Waals surface area contributed by atoms with Crippen molar-refractivity contribution < 1.29 is 24.2 Å². The maximum absolute atomic E-state index is 12.5. The summed E-state index contributed by atoms with van der Waals surface area (Å²) in [6.45, 7) is 0.739. The number of carbonyl (C=O) groups is 2. The molecule has 1 fully saturated rings. The van der Waals surface area contributed by atoms with E-state index in [-0.39, 0.29) is 12.3 Å². The molecule has 1 atom stereocenters. The molecule has 0 aliphatic heterocycles. The van der Waals surface area contributed by atoms with Crippen LogP contribution in [0.15, 0.2) is 78.9 Å². The molecule has 36 heavy (non-hydrogen) atoms. The lowest BCUT2D eigenvalue weighted by Gasteiger charge is -2.18. The van der Waals surface area contributed by atoms with Gasteiger partial charge < -0.3 is 19.9 Å². The molecule has 0 spiro atoms. The van der Waals surface area contributed by atoms with Crippen LogP contribution in [-0.4, -0.2) is 23.0 Å². The van der Waals surface area contributed by atoms with Gasteiger partial charge in [0.15, 0.2) is 11.5 Å². The molecule has 3 aromatic rings. The number of rotatable bonds is 12. The molecule has 1 saturated carbocycles. The van der Waals surface area contributed by atoms with Gasteiger partial charge >= 0.3 is 5.97 Å². The normalized spacial score (nSPS) is 14.2. The lowest BCUT2D eigenvalue weighted by atomic mass is 10.0. The smallest absolute Gasteiger partial charge is 0.326 e. The number of ether oxygens (including phenoxy) is 2.